The lowest BCUT2D eigenvalue weighted by atomic mass is 9.99. The Labute approximate surface area is 181 Å². The normalized spacial score (nSPS) is 11.9. The van der Waals surface area contributed by atoms with Crippen molar-refractivity contribution in [1.82, 2.24) is 0 Å². The molecule has 0 fully saturated rings. The standard InChI is InChI=1S/C25H28O6/c1-14(2)6-11-19-15(3)12-20(27)21-22(28)25(30-13-16(4)26)23(31-24(19)21)17-7-9-18(29-5)10-8-17/h6-10,12,16,26-27H,11,13H2,1-5H3. The van der Waals surface area contributed by atoms with Crippen LogP contribution in [0.15, 0.2) is 51.2 Å². The van der Waals surface area contributed by atoms with E-state index in [2.05, 4.69) is 0 Å². The van der Waals surface area contributed by atoms with E-state index in [-0.39, 0.29) is 29.3 Å². The Bertz CT molecular complexity index is 1170. The van der Waals surface area contributed by atoms with Crippen molar-refractivity contribution in [2.45, 2.75) is 40.2 Å². The summed E-state index contributed by atoms with van der Waals surface area (Å²) in [5.41, 5.74) is 3.25. The monoisotopic (exact) mass is 424 g/mol. The first-order valence-corrected chi connectivity index (χ1v) is 10.1. The third-order valence-corrected chi connectivity index (χ3v) is 4.97. The minimum atomic E-state index is -0.779. The lowest BCUT2D eigenvalue weighted by molar-refractivity contribution is 0.121. The van der Waals surface area contributed by atoms with Gasteiger partial charge in [-0.1, -0.05) is 11.6 Å². The van der Waals surface area contributed by atoms with Crippen LogP contribution in [0.25, 0.3) is 22.3 Å². The Kier molecular flexibility index (Phi) is 6.71. The van der Waals surface area contributed by atoms with Gasteiger partial charge in [-0.3, -0.25) is 4.79 Å². The number of allylic oxidation sites excluding steroid dienone is 2. The van der Waals surface area contributed by atoms with Gasteiger partial charge < -0.3 is 24.1 Å². The van der Waals surface area contributed by atoms with E-state index in [1.165, 1.54) is 0 Å². The highest BCUT2D eigenvalue weighted by atomic mass is 16.5. The Morgan fingerprint density at radius 3 is 2.48 bits per heavy atom. The molecule has 31 heavy (non-hydrogen) atoms. The van der Waals surface area contributed by atoms with E-state index >= 15 is 0 Å². The average molecular weight is 424 g/mol. The Balaban J connectivity index is 2.35. The highest BCUT2D eigenvalue weighted by Gasteiger charge is 2.23. The molecule has 0 bridgehead atoms. The number of phenols is 1. The molecule has 3 rings (SSSR count). The summed E-state index contributed by atoms with van der Waals surface area (Å²) in [7, 11) is 1.57. The predicted octanol–water partition coefficient (Wildman–Crippen LogP) is 4.75. The Morgan fingerprint density at radius 1 is 1.23 bits per heavy atom. The summed E-state index contributed by atoms with van der Waals surface area (Å²) in [5, 5.41) is 20.3. The molecule has 3 aromatic rings. The van der Waals surface area contributed by atoms with Crippen molar-refractivity contribution >= 4 is 11.0 Å². The van der Waals surface area contributed by atoms with E-state index < -0.39 is 11.5 Å². The van der Waals surface area contributed by atoms with Gasteiger partial charge >= 0.3 is 0 Å². The maximum absolute atomic E-state index is 13.4. The molecule has 0 aliphatic rings. The molecule has 6 heteroatoms. The van der Waals surface area contributed by atoms with Crippen LogP contribution in [-0.4, -0.2) is 30.0 Å². The average Bonchev–Trinajstić information content (AvgIpc) is 2.71. The van der Waals surface area contributed by atoms with Gasteiger partial charge in [-0.15, -0.1) is 0 Å². The zero-order valence-corrected chi connectivity index (χ0v) is 18.5. The fraction of sp³-hybridized carbons (Fsp3) is 0.320. The van der Waals surface area contributed by atoms with Crippen LogP contribution >= 0.6 is 0 Å². The number of rotatable bonds is 7. The molecule has 0 aliphatic carbocycles. The van der Waals surface area contributed by atoms with Gasteiger partial charge in [-0.25, -0.2) is 0 Å². The van der Waals surface area contributed by atoms with Crippen molar-refractivity contribution in [3.63, 3.8) is 0 Å². The maximum Gasteiger partial charge on any atom is 0.239 e. The lowest BCUT2D eigenvalue weighted by Gasteiger charge is -2.16. The largest absolute Gasteiger partial charge is 0.507 e. The summed E-state index contributed by atoms with van der Waals surface area (Å²) < 4.78 is 17.1. The summed E-state index contributed by atoms with van der Waals surface area (Å²) in [6.07, 6.45) is 1.83. The molecule has 164 valence electrons. The number of hydrogen-bond donors (Lipinski definition) is 2. The number of hydrogen-bond acceptors (Lipinski definition) is 6. The smallest absolute Gasteiger partial charge is 0.239 e. The third-order valence-electron chi connectivity index (χ3n) is 4.97. The van der Waals surface area contributed by atoms with Crippen LogP contribution in [0.3, 0.4) is 0 Å². The van der Waals surface area contributed by atoms with E-state index in [4.69, 9.17) is 13.9 Å². The van der Waals surface area contributed by atoms with Gasteiger partial charge in [0, 0.05) is 11.1 Å². The van der Waals surface area contributed by atoms with Crippen LogP contribution in [0.5, 0.6) is 17.2 Å². The van der Waals surface area contributed by atoms with E-state index in [9.17, 15) is 15.0 Å². The maximum atomic E-state index is 13.4. The molecule has 1 aromatic heterocycles. The predicted molar refractivity (Wildman–Crippen MR) is 121 cm³/mol. The Hall–Kier alpha value is -3.25. The van der Waals surface area contributed by atoms with Crippen molar-refractivity contribution in [2.24, 2.45) is 0 Å². The minimum absolute atomic E-state index is 0.0501. The number of aliphatic hydroxyl groups excluding tert-OH is 1. The number of benzene rings is 2. The lowest BCUT2D eigenvalue weighted by Crippen LogP contribution is -2.18. The van der Waals surface area contributed by atoms with E-state index in [1.807, 2.05) is 26.8 Å². The molecule has 1 unspecified atom stereocenters. The molecule has 1 heterocycles. The van der Waals surface area contributed by atoms with Crippen molar-refractivity contribution in [3.05, 3.63) is 63.3 Å². The van der Waals surface area contributed by atoms with Crippen molar-refractivity contribution in [1.29, 1.82) is 0 Å². The number of phenolic OH excluding ortho intramolecular Hbond substituents is 1. The van der Waals surface area contributed by atoms with Gasteiger partial charge in [-0.05, 0) is 70.0 Å². The van der Waals surface area contributed by atoms with Crippen molar-refractivity contribution < 1.29 is 24.1 Å². The van der Waals surface area contributed by atoms with Crippen LogP contribution < -0.4 is 14.9 Å². The molecule has 2 aromatic carbocycles. The number of aromatic hydroxyl groups is 1. The first-order valence-electron chi connectivity index (χ1n) is 10.1. The molecular weight excluding hydrogens is 396 g/mol. The summed E-state index contributed by atoms with van der Waals surface area (Å²) >= 11 is 0. The zero-order chi connectivity index (χ0) is 22.7. The van der Waals surface area contributed by atoms with Gasteiger partial charge in [-0.2, -0.15) is 0 Å². The van der Waals surface area contributed by atoms with E-state index in [0.29, 0.717) is 23.3 Å². The number of aliphatic hydroxyl groups is 1. The van der Waals surface area contributed by atoms with Crippen molar-refractivity contribution in [2.75, 3.05) is 13.7 Å². The van der Waals surface area contributed by atoms with Crippen LogP contribution in [-0.2, 0) is 6.42 Å². The number of ether oxygens (including phenoxy) is 2. The van der Waals surface area contributed by atoms with Crippen LogP contribution in [0, 0.1) is 6.92 Å². The highest BCUT2D eigenvalue weighted by Crippen LogP contribution is 2.37. The molecule has 2 N–H and O–H groups in total. The van der Waals surface area contributed by atoms with Gasteiger partial charge in [0.15, 0.2) is 5.76 Å². The number of aryl methyl sites for hydroxylation is 1. The van der Waals surface area contributed by atoms with Gasteiger partial charge in [0.05, 0.1) is 13.2 Å². The molecular formula is C25H28O6. The molecule has 0 amide bonds. The van der Waals surface area contributed by atoms with Gasteiger partial charge in [0.2, 0.25) is 11.2 Å². The summed E-state index contributed by atoms with van der Waals surface area (Å²) in [6.45, 7) is 7.35. The summed E-state index contributed by atoms with van der Waals surface area (Å²) in [6, 6.07) is 8.62. The second-order valence-electron chi connectivity index (χ2n) is 7.86. The highest BCUT2D eigenvalue weighted by molar-refractivity contribution is 5.90. The van der Waals surface area contributed by atoms with Crippen LogP contribution in [0.4, 0.5) is 0 Å². The molecule has 6 nitrogen and oxygen atoms in total. The third kappa shape index (κ3) is 4.75. The number of fused-ring (bicyclic) bond motifs is 1. The fourth-order valence-electron chi connectivity index (χ4n) is 3.34. The quantitative estimate of drug-likeness (QED) is 0.532. The first-order chi connectivity index (χ1) is 14.7. The topological polar surface area (TPSA) is 89.1 Å². The number of methoxy groups -OCH3 is 1. The summed E-state index contributed by atoms with van der Waals surface area (Å²) in [4.78, 5) is 13.4. The Morgan fingerprint density at radius 2 is 1.90 bits per heavy atom. The van der Waals surface area contributed by atoms with Crippen LogP contribution in [0.1, 0.15) is 31.9 Å². The second-order valence-corrected chi connectivity index (χ2v) is 7.86. The molecule has 0 saturated carbocycles. The molecule has 0 spiro atoms. The van der Waals surface area contributed by atoms with Gasteiger partial charge in [0.1, 0.15) is 29.1 Å². The van der Waals surface area contributed by atoms with Gasteiger partial charge in [0.25, 0.3) is 0 Å². The van der Waals surface area contributed by atoms with Crippen LogP contribution in [0.2, 0.25) is 0 Å². The molecule has 0 radical (unpaired) electrons. The molecule has 0 aliphatic heterocycles. The fourth-order valence-corrected chi connectivity index (χ4v) is 3.34. The molecule has 0 saturated heterocycles. The summed E-state index contributed by atoms with van der Waals surface area (Å²) in [5.74, 6) is 0.691. The van der Waals surface area contributed by atoms with E-state index in [1.54, 1.807) is 44.4 Å². The van der Waals surface area contributed by atoms with Crippen molar-refractivity contribution in [3.8, 4) is 28.6 Å². The zero-order valence-electron chi connectivity index (χ0n) is 18.5. The van der Waals surface area contributed by atoms with E-state index in [0.717, 1.165) is 16.7 Å². The molecule has 1 atom stereocenters. The second kappa shape index (κ2) is 9.27. The minimum Gasteiger partial charge on any atom is -0.507 e. The first kappa shape index (κ1) is 22.4. The SMILES string of the molecule is COc1ccc(-c2oc3c(CC=C(C)C)c(C)cc(O)c3c(=O)c2OCC(C)O)cc1.